The molecule has 3 N–H and O–H groups in total. The fourth-order valence-corrected chi connectivity index (χ4v) is 1.38. The van der Waals surface area contributed by atoms with Gasteiger partial charge in [-0.2, -0.15) is 0 Å². The second-order valence-corrected chi connectivity index (χ2v) is 4.05. The zero-order valence-electron chi connectivity index (χ0n) is 11.1. The van der Waals surface area contributed by atoms with Crippen molar-refractivity contribution in [3.8, 4) is 0 Å². The molecule has 1 rings (SSSR count). The van der Waals surface area contributed by atoms with Gasteiger partial charge in [-0.3, -0.25) is 14.9 Å². The average Bonchev–Trinajstić information content (AvgIpc) is 2.83. The van der Waals surface area contributed by atoms with Crippen LogP contribution in [0.2, 0.25) is 0 Å². The Hall–Kier alpha value is -2.38. The van der Waals surface area contributed by atoms with E-state index in [2.05, 4.69) is 15.6 Å². The van der Waals surface area contributed by atoms with E-state index in [1.54, 1.807) is 6.20 Å². The summed E-state index contributed by atoms with van der Waals surface area (Å²) in [5.74, 6) is -0.425. The van der Waals surface area contributed by atoms with Gasteiger partial charge in [0, 0.05) is 19.3 Å². The highest BCUT2D eigenvalue weighted by atomic mass is 16.4. The zero-order valence-corrected chi connectivity index (χ0v) is 11.1. The number of aryl methyl sites for hydroxylation is 1. The maximum absolute atomic E-state index is 11.4. The van der Waals surface area contributed by atoms with Crippen LogP contribution in [0, 0.1) is 0 Å². The first-order valence-electron chi connectivity index (χ1n) is 6.24. The SMILES string of the molecule is CCc1cnc(CNC(=O)NC(=O)CCCC(=O)O)o1. The number of oxazole rings is 1. The van der Waals surface area contributed by atoms with E-state index >= 15 is 0 Å². The van der Waals surface area contributed by atoms with Gasteiger partial charge < -0.3 is 14.8 Å². The smallest absolute Gasteiger partial charge is 0.321 e. The lowest BCUT2D eigenvalue weighted by Crippen LogP contribution is -2.39. The molecule has 110 valence electrons. The number of imide groups is 1. The molecule has 3 amide bonds. The second-order valence-electron chi connectivity index (χ2n) is 4.05. The largest absolute Gasteiger partial charge is 0.481 e. The molecule has 0 saturated heterocycles. The fourth-order valence-electron chi connectivity index (χ4n) is 1.38. The zero-order chi connectivity index (χ0) is 15.0. The minimum atomic E-state index is -0.974. The third kappa shape index (κ3) is 5.98. The molecule has 0 spiro atoms. The van der Waals surface area contributed by atoms with Crippen molar-refractivity contribution in [2.24, 2.45) is 0 Å². The van der Waals surface area contributed by atoms with Gasteiger partial charge in [0.25, 0.3) is 0 Å². The van der Waals surface area contributed by atoms with Crippen LogP contribution in [-0.4, -0.2) is 28.0 Å². The Kier molecular flexibility index (Phi) is 6.21. The van der Waals surface area contributed by atoms with Gasteiger partial charge in [0.1, 0.15) is 5.76 Å². The van der Waals surface area contributed by atoms with Crippen molar-refractivity contribution in [2.75, 3.05) is 0 Å². The molecule has 0 bridgehead atoms. The number of carboxylic acids is 1. The van der Waals surface area contributed by atoms with Crippen molar-refractivity contribution >= 4 is 17.9 Å². The van der Waals surface area contributed by atoms with Gasteiger partial charge >= 0.3 is 12.0 Å². The van der Waals surface area contributed by atoms with Crippen LogP contribution in [0.3, 0.4) is 0 Å². The van der Waals surface area contributed by atoms with E-state index in [9.17, 15) is 14.4 Å². The van der Waals surface area contributed by atoms with Crippen LogP contribution in [0.25, 0.3) is 0 Å². The molecule has 0 radical (unpaired) electrons. The molecule has 8 nitrogen and oxygen atoms in total. The number of carbonyl (C=O) groups excluding carboxylic acids is 2. The fraction of sp³-hybridized carbons (Fsp3) is 0.500. The molecule has 0 atom stereocenters. The van der Waals surface area contributed by atoms with Crippen LogP contribution in [0.4, 0.5) is 4.79 Å². The summed E-state index contributed by atoms with van der Waals surface area (Å²) in [6.45, 7) is 1.99. The molecule has 0 saturated carbocycles. The number of hydrogen-bond acceptors (Lipinski definition) is 5. The Morgan fingerprint density at radius 1 is 1.35 bits per heavy atom. The van der Waals surface area contributed by atoms with Gasteiger partial charge in [-0.05, 0) is 6.42 Å². The van der Waals surface area contributed by atoms with Crippen LogP contribution in [0.1, 0.15) is 37.8 Å². The molecule has 0 fully saturated rings. The summed E-state index contributed by atoms with van der Waals surface area (Å²) >= 11 is 0. The number of carboxylic acid groups (broad SMARTS) is 1. The molecule has 0 aromatic carbocycles. The van der Waals surface area contributed by atoms with E-state index < -0.39 is 17.9 Å². The maximum atomic E-state index is 11.4. The Balaban J connectivity index is 2.22. The minimum absolute atomic E-state index is 0.0152. The predicted molar refractivity (Wildman–Crippen MR) is 67.7 cm³/mol. The number of carbonyl (C=O) groups is 3. The van der Waals surface area contributed by atoms with Crippen molar-refractivity contribution in [3.63, 3.8) is 0 Å². The second kappa shape index (κ2) is 7.93. The van der Waals surface area contributed by atoms with Crippen LogP contribution >= 0.6 is 0 Å². The lowest BCUT2D eigenvalue weighted by Gasteiger charge is -2.04. The summed E-state index contributed by atoms with van der Waals surface area (Å²) in [7, 11) is 0. The van der Waals surface area contributed by atoms with Crippen LogP contribution in [0.15, 0.2) is 10.6 Å². The Morgan fingerprint density at radius 3 is 2.70 bits per heavy atom. The number of nitrogens with one attached hydrogen (secondary N) is 2. The van der Waals surface area contributed by atoms with Crippen LogP contribution < -0.4 is 10.6 Å². The Morgan fingerprint density at radius 2 is 2.10 bits per heavy atom. The molecule has 20 heavy (non-hydrogen) atoms. The van der Waals surface area contributed by atoms with Gasteiger partial charge in [-0.15, -0.1) is 0 Å². The molecular weight excluding hydrogens is 266 g/mol. The molecule has 0 unspecified atom stereocenters. The standard InChI is InChI=1S/C12H17N3O5/c1-2-8-6-13-10(20-8)7-14-12(19)15-9(16)4-3-5-11(17)18/h6H,2-5,7H2,1H3,(H,17,18)(H2,14,15,16,19). The molecule has 1 aromatic rings. The van der Waals surface area contributed by atoms with Crippen molar-refractivity contribution in [2.45, 2.75) is 39.2 Å². The van der Waals surface area contributed by atoms with Crippen molar-refractivity contribution < 1.29 is 23.9 Å². The molecule has 1 heterocycles. The van der Waals surface area contributed by atoms with Crippen LogP contribution in [0.5, 0.6) is 0 Å². The Bertz CT molecular complexity index is 483. The molecular formula is C12H17N3O5. The molecule has 8 heteroatoms. The summed E-state index contributed by atoms with van der Waals surface area (Å²) < 4.78 is 5.28. The van der Waals surface area contributed by atoms with Gasteiger partial charge in [0.2, 0.25) is 11.8 Å². The molecule has 1 aromatic heterocycles. The summed E-state index contributed by atoms with van der Waals surface area (Å²) in [5.41, 5.74) is 0. The maximum Gasteiger partial charge on any atom is 0.321 e. The first-order valence-corrected chi connectivity index (χ1v) is 6.24. The summed E-state index contributed by atoms with van der Waals surface area (Å²) in [4.78, 5) is 36.9. The topological polar surface area (TPSA) is 122 Å². The first-order chi connectivity index (χ1) is 9.51. The van der Waals surface area contributed by atoms with E-state index in [-0.39, 0.29) is 25.8 Å². The lowest BCUT2D eigenvalue weighted by molar-refractivity contribution is -0.137. The van der Waals surface area contributed by atoms with E-state index in [4.69, 9.17) is 9.52 Å². The quantitative estimate of drug-likeness (QED) is 0.681. The van der Waals surface area contributed by atoms with Crippen LogP contribution in [-0.2, 0) is 22.6 Å². The van der Waals surface area contributed by atoms with Crippen molar-refractivity contribution in [1.82, 2.24) is 15.6 Å². The lowest BCUT2D eigenvalue weighted by atomic mass is 10.2. The number of hydrogen-bond donors (Lipinski definition) is 3. The number of aliphatic carboxylic acids is 1. The number of amides is 3. The van der Waals surface area contributed by atoms with E-state index in [0.717, 1.165) is 0 Å². The Labute approximate surface area is 115 Å². The number of aromatic nitrogens is 1. The number of rotatable bonds is 7. The number of urea groups is 1. The van der Waals surface area contributed by atoms with E-state index in [0.29, 0.717) is 18.1 Å². The predicted octanol–water partition coefficient (Wildman–Crippen LogP) is 0.818. The summed E-state index contributed by atoms with van der Waals surface area (Å²) in [6, 6.07) is -0.665. The monoisotopic (exact) mass is 283 g/mol. The van der Waals surface area contributed by atoms with Gasteiger partial charge in [-0.1, -0.05) is 6.92 Å². The van der Waals surface area contributed by atoms with E-state index in [1.165, 1.54) is 0 Å². The average molecular weight is 283 g/mol. The van der Waals surface area contributed by atoms with Gasteiger partial charge in [-0.25, -0.2) is 9.78 Å². The highest BCUT2D eigenvalue weighted by Gasteiger charge is 2.09. The van der Waals surface area contributed by atoms with E-state index in [1.807, 2.05) is 6.92 Å². The first kappa shape index (κ1) is 15.7. The summed E-state index contributed by atoms with van der Waals surface area (Å²) in [5, 5.41) is 12.9. The molecule has 0 aliphatic rings. The highest BCUT2D eigenvalue weighted by Crippen LogP contribution is 2.03. The number of nitrogens with zero attached hydrogens (tertiary/aromatic N) is 1. The molecule has 0 aliphatic carbocycles. The third-order valence-electron chi connectivity index (χ3n) is 2.40. The highest BCUT2D eigenvalue weighted by molar-refractivity contribution is 5.94. The van der Waals surface area contributed by atoms with Gasteiger partial charge in [0.05, 0.1) is 12.7 Å². The van der Waals surface area contributed by atoms with Crippen molar-refractivity contribution in [3.05, 3.63) is 17.8 Å². The van der Waals surface area contributed by atoms with Gasteiger partial charge in [0.15, 0.2) is 0 Å². The normalized spacial score (nSPS) is 10.1. The minimum Gasteiger partial charge on any atom is -0.481 e. The third-order valence-corrected chi connectivity index (χ3v) is 2.40. The van der Waals surface area contributed by atoms with Crippen molar-refractivity contribution in [1.29, 1.82) is 0 Å². The summed E-state index contributed by atoms with van der Waals surface area (Å²) in [6.07, 6.45) is 2.35. The molecule has 0 aliphatic heterocycles.